The van der Waals surface area contributed by atoms with Gasteiger partial charge in [-0.05, 0) is 68.0 Å². The van der Waals surface area contributed by atoms with Crippen LogP contribution in [0.25, 0.3) is 0 Å². The van der Waals surface area contributed by atoms with Crippen molar-refractivity contribution >= 4 is 28.4 Å². The first-order chi connectivity index (χ1) is 6.63. The number of aryl methyl sites for hydroxylation is 2. The summed E-state index contributed by atoms with van der Waals surface area (Å²) >= 11 is 6.55. The van der Waals surface area contributed by atoms with Crippen LogP contribution < -0.4 is 0 Å². The van der Waals surface area contributed by atoms with Gasteiger partial charge in [0.2, 0.25) is 4.38 Å². The molecule has 0 aliphatic rings. The van der Waals surface area contributed by atoms with Crippen LogP contribution in [0.2, 0.25) is 0 Å². The molecule has 0 N–H and O–H groups in total. The van der Waals surface area contributed by atoms with E-state index in [4.69, 9.17) is 17.0 Å². The average Bonchev–Trinajstić information content (AvgIpc) is 2.12. The smallest absolute Gasteiger partial charge is 0.224 e. The number of hydrogen-bond donors (Lipinski definition) is 0. The molecule has 14 heavy (non-hydrogen) atoms. The van der Waals surface area contributed by atoms with E-state index in [0.29, 0.717) is 11.0 Å². The second kappa shape index (κ2) is 5.37. The lowest BCUT2D eigenvalue weighted by Crippen LogP contribution is -1.95. The first kappa shape index (κ1) is 11.5. The molecule has 0 fully saturated rings. The summed E-state index contributed by atoms with van der Waals surface area (Å²) in [6.07, 6.45) is 0. The molecule has 0 heterocycles. The van der Waals surface area contributed by atoms with Crippen LogP contribution >= 0.6 is 24.0 Å². The maximum Gasteiger partial charge on any atom is 0.224 e. The van der Waals surface area contributed by atoms with E-state index < -0.39 is 0 Å². The molecular formula is C11H14OS2. The van der Waals surface area contributed by atoms with Gasteiger partial charge in [-0.3, -0.25) is 0 Å². The van der Waals surface area contributed by atoms with Crippen molar-refractivity contribution in [2.24, 2.45) is 0 Å². The molecule has 0 saturated carbocycles. The topological polar surface area (TPSA) is 9.23 Å². The van der Waals surface area contributed by atoms with Crippen LogP contribution in [-0.2, 0) is 4.74 Å². The van der Waals surface area contributed by atoms with Gasteiger partial charge in [0.05, 0.1) is 6.61 Å². The van der Waals surface area contributed by atoms with Crippen LogP contribution in [0.1, 0.15) is 18.1 Å². The number of rotatable bonds is 2. The molecule has 0 amide bonds. The minimum absolute atomic E-state index is 0.593. The molecule has 0 radical (unpaired) electrons. The van der Waals surface area contributed by atoms with E-state index in [2.05, 4.69) is 32.0 Å². The van der Waals surface area contributed by atoms with Crippen molar-refractivity contribution < 1.29 is 4.74 Å². The standard InChI is InChI=1S/C11H14OS2/c1-4-12-11(13)14-10-6-5-8(2)9(3)7-10/h5-7H,4H2,1-3H3. The zero-order chi connectivity index (χ0) is 10.6. The first-order valence-corrected chi connectivity index (χ1v) is 5.78. The van der Waals surface area contributed by atoms with Gasteiger partial charge in [-0.2, -0.15) is 0 Å². The summed E-state index contributed by atoms with van der Waals surface area (Å²) < 4.78 is 5.80. The summed E-state index contributed by atoms with van der Waals surface area (Å²) in [4.78, 5) is 1.14. The lowest BCUT2D eigenvalue weighted by atomic mass is 10.1. The first-order valence-electron chi connectivity index (χ1n) is 4.55. The Morgan fingerprint density at radius 2 is 2.07 bits per heavy atom. The lowest BCUT2D eigenvalue weighted by Gasteiger charge is -2.06. The SMILES string of the molecule is CCOC(=S)Sc1ccc(C)c(C)c1. The van der Waals surface area contributed by atoms with Crippen molar-refractivity contribution in [2.45, 2.75) is 25.7 Å². The van der Waals surface area contributed by atoms with Crippen molar-refractivity contribution in [1.82, 2.24) is 0 Å². The van der Waals surface area contributed by atoms with Crippen LogP contribution in [0, 0.1) is 13.8 Å². The Morgan fingerprint density at radius 3 is 2.64 bits per heavy atom. The molecule has 3 heteroatoms. The zero-order valence-corrected chi connectivity index (χ0v) is 10.3. The average molecular weight is 226 g/mol. The number of ether oxygens (including phenoxy) is 1. The van der Waals surface area contributed by atoms with E-state index in [1.54, 1.807) is 0 Å². The molecule has 0 saturated heterocycles. The number of thiocarbonyl (C=S) groups is 1. The van der Waals surface area contributed by atoms with E-state index in [9.17, 15) is 0 Å². The molecule has 1 aromatic carbocycles. The highest BCUT2D eigenvalue weighted by molar-refractivity contribution is 8.22. The Balaban J connectivity index is 2.68. The van der Waals surface area contributed by atoms with Crippen LogP contribution in [-0.4, -0.2) is 11.0 Å². The molecule has 0 unspecified atom stereocenters. The molecule has 1 nitrogen and oxygen atoms in total. The maximum absolute atomic E-state index is 5.21. The Morgan fingerprint density at radius 1 is 1.36 bits per heavy atom. The Hall–Kier alpha value is -0.540. The van der Waals surface area contributed by atoms with Gasteiger partial charge in [0, 0.05) is 4.90 Å². The van der Waals surface area contributed by atoms with Crippen LogP contribution in [0.3, 0.4) is 0 Å². The van der Waals surface area contributed by atoms with Crippen molar-refractivity contribution in [2.75, 3.05) is 6.61 Å². The quantitative estimate of drug-likeness (QED) is 0.562. The normalized spacial score (nSPS) is 9.93. The summed E-state index contributed by atoms with van der Waals surface area (Å²) in [5.74, 6) is 0. The van der Waals surface area contributed by atoms with Gasteiger partial charge in [-0.15, -0.1) is 0 Å². The van der Waals surface area contributed by atoms with Crippen LogP contribution in [0.5, 0.6) is 0 Å². The fraction of sp³-hybridized carbons (Fsp3) is 0.364. The van der Waals surface area contributed by atoms with E-state index in [1.165, 1.54) is 22.9 Å². The zero-order valence-electron chi connectivity index (χ0n) is 8.66. The largest absolute Gasteiger partial charge is 0.479 e. The van der Waals surface area contributed by atoms with Gasteiger partial charge >= 0.3 is 0 Å². The van der Waals surface area contributed by atoms with Crippen molar-refractivity contribution in [1.29, 1.82) is 0 Å². The monoisotopic (exact) mass is 226 g/mol. The lowest BCUT2D eigenvalue weighted by molar-refractivity contribution is 0.346. The molecule has 0 aromatic heterocycles. The number of hydrogen-bond acceptors (Lipinski definition) is 3. The molecule has 0 spiro atoms. The predicted octanol–water partition coefficient (Wildman–Crippen LogP) is 3.72. The Bertz CT molecular complexity index is 334. The highest BCUT2D eigenvalue weighted by Gasteiger charge is 2.01. The van der Waals surface area contributed by atoms with E-state index in [-0.39, 0.29) is 0 Å². The predicted molar refractivity (Wildman–Crippen MR) is 66.0 cm³/mol. The van der Waals surface area contributed by atoms with Crippen molar-refractivity contribution in [3.05, 3.63) is 29.3 Å². The third-order valence-electron chi connectivity index (χ3n) is 1.94. The van der Waals surface area contributed by atoms with Crippen molar-refractivity contribution in [3.63, 3.8) is 0 Å². The van der Waals surface area contributed by atoms with Crippen molar-refractivity contribution in [3.8, 4) is 0 Å². The minimum Gasteiger partial charge on any atom is -0.479 e. The summed E-state index contributed by atoms with van der Waals surface area (Å²) in [5, 5.41) is 0. The number of benzene rings is 1. The Labute approximate surface area is 94.9 Å². The highest BCUT2D eigenvalue weighted by atomic mass is 32.2. The fourth-order valence-corrected chi connectivity index (χ4v) is 2.17. The van der Waals surface area contributed by atoms with Gasteiger partial charge in [-0.25, -0.2) is 0 Å². The molecule has 76 valence electrons. The van der Waals surface area contributed by atoms with Gasteiger partial charge in [-0.1, -0.05) is 6.07 Å². The fourth-order valence-electron chi connectivity index (χ4n) is 1.02. The summed E-state index contributed by atoms with van der Waals surface area (Å²) in [6, 6.07) is 6.30. The van der Waals surface area contributed by atoms with Gasteiger partial charge < -0.3 is 4.74 Å². The molecule has 0 aliphatic heterocycles. The highest BCUT2D eigenvalue weighted by Crippen LogP contribution is 2.22. The molecule has 0 atom stereocenters. The maximum atomic E-state index is 5.21. The third kappa shape index (κ3) is 3.31. The van der Waals surface area contributed by atoms with Gasteiger partial charge in [0.1, 0.15) is 0 Å². The molecule has 1 rings (SSSR count). The molecular weight excluding hydrogens is 212 g/mol. The second-order valence-corrected chi connectivity index (χ2v) is 4.71. The molecule has 1 aromatic rings. The van der Waals surface area contributed by atoms with Gasteiger partial charge in [0.15, 0.2) is 0 Å². The van der Waals surface area contributed by atoms with Gasteiger partial charge in [0.25, 0.3) is 0 Å². The summed E-state index contributed by atoms with van der Waals surface area (Å²) in [7, 11) is 0. The van der Waals surface area contributed by atoms with E-state index in [1.807, 2.05) is 6.92 Å². The third-order valence-corrected chi connectivity index (χ3v) is 3.08. The van der Waals surface area contributed by atoms with Crippen LogP contribution in [0.15, 0.2) is 23.1 Å². The number of thioether (sulfide) groups is 1. The van der Waals surface area contributed by atoms with E-state index in [0.717, 1.165) is 4.90 Å². The molecule has 0 bridgehead atoms. The summed E-state index contributed by atoms with van der Waals surface area (Å²) in [6.45, 7) is 6.78. The minimum atomic E-state index is 0.593. The second-order valence-electron chi connectivity index (χ2n) is 3.03. The molecule has 0 aliphatic carbocycles. The van der Waals surface area contributed by atoms with Crippen LogP contribution in [0.4, 0.5) is 0 Å². The van der Waals surface area contributed by atoms with E-state index >= 15 is 0 Å². The summed E-state index contributed by atoms with van der Waals surface area (Å²) in [5.41, 5.74) is 2.59. The Kier molecular flexibility index (Phi) is 4.42.